The molecule has 4 heteroatoms. The summed E-state index contributed by atoms with van der Waals surface area (Å²) < 4.78 is 0. The minimum atomic E-state index is -0.868. The molecule has 4 nitrogen and oxygen atoms in total. The van der Waals surface area contributed by atoms with E-state index in [1.807, 2.05) is 0 Å². The predicted molar refractivity (Wildman–Crippen MR) is 133 cm³/mol. The van der Waals surface area contributed by atoms with E-state index in [1.165, 1.54) is 0 Å². The van der Waals surface area contributed by atoms with Crippen molar-refractivity contribution in [2.45, 2.75) is 98.8 Å². The maximum Gasteiger partial charge on any atom is 0.331 e. The molecule has 0 amide bonds. The summed E-state index contributed by atoms with van der Waals surface area (Å²) in [5, 5.41) is 20.5. The molecule has 34 heavy (non-hydrogen) atoms. The van der Waals surface area contributed by atoms with Crippen LogP contribution in [0.15, 0.2) is 12.2 Å². The zero-order chi connectivity index (χ0) is 24.9. The summed E-state index contributed by atoms with van der Waals surface area (Å²) in [5.41, 5.74) is 0.470. The van der Waals surface area contributed by atoms with E-state index in [0.717, 1.165) is 57.8 Å². The van der Waals surface area contributed by atoms with E-state index >= 15 is 0 Å². The third kappa shape index (κ3) is 2.81. The molecule has 0 aromatic carbocycles. The summed E-state index contributed by atoms with van der Waals surface area (Å²) in [6, 6.07) is 0. The van der Waals surface area contributed by atoms with Crippen LogP contribution >= 0.6 is 0 Å². The van der Waals surface area contributed by atoms with Crippen molar-refractivity contribution in [1.82, 2.24) is 0 Å². The van der Waals surface area contributed by atoms with Crippen LogP contribution in [-0.2, 0) is 9.59 Å². The van der Waals surface area contributed by atoms with Gasteiger partial charge in [-0.1, -0.05) is 41.2 Å². The van der Waals surface area contributed by atoms with E-state index < -0.39 is 5.97 Å². The molecule has 0 aromatic heterocycles. The van der Waals surface area contributed by atoms with Gasteiger partial charge in [0.05, 0.1) is 0 Å². The molecule has 0 unspecified atom stereocenters. The molecular formula is C30H46O4. The fourth-order valence-corrected chi connectivity index (χ4v) is 11.4. The number of carboxylic acids is 1. The summed E-state index contributed by atoms with van der Waals surface area (Å²) in [7, 11) is 0. The molecule has 9 atom stereocenters. The zero-order valence-electron chi connectivity index (χ0n) is 22.1. The number of hydrogen-bond donors (Lipinski definition) is 2. The van der Waals surface area contributed by atoms with Crippen LogP contribution in [0.3, 0.4) is 0 Å². The molecule has 5 fully saturated rings. The standard InChI is InChI=1S/C30H46O4/c1-18(25(33)34)19-9-14-30(17-31)16-15-28(5)20(24(19)30)7-8-22-27(4)12-11-23(32)26(2,3)21(27)10-13-29(22,28)6/h19-22,24,31H,1,7-17H2,2-6H3,(H,33,34)/t19-,20+,21-,22+,24+,27-,28+,29+,30+/m0/s1. The highest BCUT2D eigenvalue weighted by Gasteiger charge is 2.71. The Morgan fingerprint density at radius 3 is 2.26 bits per heavy atom. The molecule has 5 saturated carbocycles. The van der Waals surface area contributed by atoms with Crippen molar-refractivity contribution in [2.24, 2.45) is 56.7 Å². The van der Waals surface area contributed by atoms with Crippen LogP contribution in [0.4, 0.5) is 0 Å². The normalized spacial score (nSPS) is 51.6. The number of carbonyl (C=O) groups is 2. The fraction of sp³-hybridized carbons (Fsp3) is 0.867. The number of hydrogen-bond acceptors (Lipinski definition) is 3. The van der Waals surface area contributed by atoms with Gasteiger partial charge < -0.3 is 10.2 Å². The van der Waals surface area contributed by atoms with Gasteiger partial charge in [-0.3, -0.25) is 4.79 Å². The number of rotatable bonds is 3. The predicted octanol–water partition coefficient (Wildman–Crippen LogP) is 6.27. The first kappa shape index (κ1) is 24.5. The lowest BCUT2D eigenvalue weighted by atomic mass is 9.32. The first-order chi connectivity index (χ1) is 15.8. The Bertz CT molecular complexity index is 921. The van der Waals surface area contributed by atoms with Crippen LogP contribution in [0.25, 0.3) is 0 Å². The topological polar surface area (TPSA) is 74.6 Å². The molecule has 0 saturated heterocycles. The number of ketones is 1. The van der Waals surface area contributed by atoms with Crippen LogP contribution in [0.1, 0.15) is 98.8 Å². The van der Waals surface area contributed by atoms with Crippen LogP contribution < -0.4 is 0 Å². The molecule has 0 aliphatic heterocycles. The maximum absolute atomic E-state index is 12.9. The highest BCUT2D eigenvalue weighted by molar-refractivity contribution is 5.86. The largest absolute Gasteiger partial charge is 0.478 e. The second kappa shape index (κ2) is 7.43. The van der Waals surface area contributed by atoms with E-state index in [2.05, 4.69) is 41.2 Å². The van der Waals surface area contributed by atoms with Crippen LogP contribution in [-0.4, -0.2) is 28.6 Å². The quantitative estimate of drug-likeness (QED) is 0.477. The SMILES string of the molecule is C=C(C(=O)O)[C@@H]1CC[C@]2(CO)CC[C@]3(C)[C@H](CC[C@@H]4[C@@]5(C)CCC(=O)C(C)(C)[C@@H]5CC[C@]43C)[C@@H]12. The number of Topliss-reactive ketones (excluding diaryl/α,β-unsaturated/α-hetero) is 1. The van der Waals surface area contributed by atoms with Crippen molar-refractivity contribution >= 4 is 11.8 Å². The van der Waals surface area contributed by atoms with Gasteiger partial charge in [-0.25, -0.2) is 4.79 Å². The van der Waals surface area contributed by atoms with Gasteiger partial charge in [-0.2, -0.15) is 0 Å². The summed E-state index contributed by atoms with van der Waals surface area (Å²) in [6.45, 7) is 16.2. The summed E-state index contributed by atoms with van der Waals surface area (Å²) in [4.78, 5) is 24.9. The monoisotopic (exact) mass is 470 g/mol. The average Bonchev–Trinajstić information content (AvgIpc) is 3.16. The Kier molecular flexibility index (Phi) is 5.36. The lowest BCUT2D eigenvalue weighted by Gasteiger charge is -2.72. The minimum Gasteiger partial charge on any atom is -0.478 e. The van der Waals surface area contributed by atoms with Crippen molar-refractivity contribution in [3.63, 3.8) is 0 Å². The molecule has 5 rings (SSSR count). The number of aliphatic carboxylic acids is 1. The second-order valence-electron chi connectivity index (χ2n) is 14.3. The maximum atomic E-state index is 12.9. The minimum absolute atomic E-state index is 0.0208. The first-order valence-electron chi connectivity index (χ1n) is 13.8. The van der Waals surface area contributed by atoms with Gasteiger partial charge in [0, 0.05) is 24.0 Å². The van der Waals surface area contributed by atoms with Gasteiger partial charge in [0.15, 0.2) is 0 Å². The fourth-order valence-electron chi connectivity index (χ4n) is 11.4. The van der Waals surface area contributed by atoms with Crippen molar-refractivity contribution in [2.75, 3.05) is 6.61 Å². The molecule has 0 radical (unpaired) electrons. The van der Waals surface area contributed by atoms with Gasteiger partial charge in [0.25, 0.3) is 0 Å². The number of fused-ring (bicyclic) bond motifs is 7. The molecule has 5 aliphatic carbocycles. The van der Waals surface area contributed by atoms with Crippen molar-refractivity contribution < 1.29 is 19.8 Å². The lowest BCUT2D eigenvalue weighted by molar-refractivity contribution is -0.236. The van der Waals surface area contributed by atoms with Gasteiger partial charge in [-0.05, 0) is 109 Å². The van der Waals surface area contributed by atoms with Gasteiger partial charge in [0.2, 0.25) is 0 Å². The Labute approximate surface area is 206 Å². The highest BCUT2D eigenvalue weighted by Crippen LogP contribution is 2.77. The van der Waals surface area contributed by atoms with Crippen molar-refractivity contribution in [3.05, 3.63) is 12.2 Å². The Balaban J connectivity index is 1.55. The average molecular weight is 471 g/mol. The molecule has 5 aliphatic rings. The number of carbonyl (C=O) groups excluding carboxylic acids is 1. The first-order valence-corrected chi connectivity index (χ1v) is 13.8. The van der Waals surface area contributed by atoms with E-state index in [-0.39, 0.29) is 45.5 Å². The van der Waals surface area contributed by atoms with Crippen molar-refractivity contribution in [3.8, 4) is 0 Å². The third-order valence-corrected chi connectivity index (χ3v) is 13.4. The van der Waals surface area contributed by atoms with E-state index in [4.69, 9.17) is 0 Å². The lowest BCUT2D eigenvalue weighted by Crippen LogP contribution is -2.66. The molecule has 0 aromatic rings. The molecule has 0 heterocycles. The van der Waals surface area contributed by atoms with Gasteiger partial charge in [0.1, 0.15) is 5.78 Å². The van der Waals surface area contributed by atoms with Crippen LogP contribution in [0.5, 0.6) is 0 Å². The van der Waals surface area contributed by atoms with Crippen molar-refractivity contribution in [1.29, 1.82) is 0 Å². The smallest absolute Gasteiger partial charge is 0.331 e. The number of aliphatic hydroxyl groups is 1. The van der Waals surface area contributed by atoms with E-state index in [0.29, 0.717) is 35.5 Å². The Morgan fingerprint density at radius 1 is 0.912 bits per heavy atom. The Morgan fingerprint density at radius 2 is 1.62 bits per heavy atom. The molecular weight excluding hydrogens is 424 g/mol. The van der Waals surface area contributed by atoms with Crippen LogP contribution in [0.2, 0.25) is 0 Å². The third-order valence-electron chi connectivity index (χ3n) is 13.4. The molecule has 190 valence electrons. The molecule has 2 N–H and O–H groups in total. The van der Waals surface area contributed by atoms with Gasteiger partial charge >= 0.3 is 5.97 Å². The molecule has 0 spiro atoms. The van der Waals surface area contributed by atoms with Gasteiger partial charge in [-0.15, -0.1) is 0 Å². The van der Waals surface area contributed by atoms with Crippen LogP contribution in [0, 0.1) is 56.7 Å². The number of carboxylic acid groups (broad SMARTS) is 1. The highest BCUT2D eigenvalue weighted by atomic mass is 16.4. The zero-order valence-corrected chi connectivity index (χ0v) is 22.1. The van der Waals surface area contributed by atoms with E-state index in [1.54, 1.807) is 0 Å². The number of aliphatic hydroxyl groups excluding tert-OH is 1. The summed E-state index contributed by atoms with van der Waals surface area (Å²) in [6.07, 6.45) is 10.2. The Hall–Kier alpha value is -1.16. The summed E-state index contributed by atoms with van der Waals surface area (Å²) >= 11 is 0. The molecule has 0 bridgehead atoms. The summed E-state index contributed by atoms with van der Waals surface area (Å²) in [5.74, 6) is 1.25. The second-order valence-corrected chi connectivity index (χ2v) is 14.3. The van der Waals surface area contributed by atoms with E-state index in [9.17, 15) is 19.8 Å².